The molecule has 0 fully saturated rings. The lowest BCUT2D eigenvalue weighted by Crippen LogP contribution is -2.40. The van der Waals surface area contributed by atoms with Crippen LogP contribution in [-0.4, -0.2) is 13.1 Å². The van der Waals surface area contributed by atoms with Gasteiger partial charge in [0.1, 0.15) is 0 Å². The first kappa shape index (κ1) is 29.6. The Morgan fingerprint density at radius 1 is 0.684 bits per heavy atom. The van der Waals surface area contributed by atoms with Crippen molar-refractivity contribution in [3.63, 3.8) is 0 Å². The first-order valence-electron chi connectivity index (χ1n) is 14.0. The molecular weight excluding hydrogens is 460 g/mol. The first-order valence-corrected chi connectivity index (χ1v) is 14.0. The normalized spacial score (nSPS) is 13.3. The number of hydrogen-bond donors (Lipinski definition) is 0. The van der Waals surface area contributed by atoms with Crippen molar-refractivity contribution in [3.05, 3.63) is 95.6 Å². The SMILES string of the molecule is C=CC(C)(C)[C@@H](C)N(c1cccc(N(C)c2ccc(C(C)(C)C)cc2)c1)c1c(C)cc(C(C)(C)C)cc1C. The summed E-state index contributed by atoms with van der Waals surface area (Å²) < 4.78 is 0. The molecule has 204 valence electrons. The molecule has 0 aliphatic heterocycles. The van der Waals surface area contributed by atoms with Crippen LogP contribution >= 0.6 is 0 Å². The predicted octanol–water partition coefficient (Wildman–Crippen LogP) is 10.4. The minimum Gasteiger partial charge on any atom is -0.345 e. The van der Waals surface area contributed by atoms with E-state index >= 15 is 0 Å². The zero-order valence-electron chi connectivity index (χ0n) is 26.0. The molecule has 0 amide bonds. The van der Waals surface area contributed by atoms with Gasteiger partial charge in [-0.15, -0.1) is 6.58 Å². The van der Waals surface area contributed by atoms with Gasteiger partial charge in [0.15, 0.2) is 0 Å². The molecule has 0 unspecified atom stereocenters. The fourth-order valence-electron chi connectivity index (χ4n) is 5.00. The molecule has 0 radical (unpaired) electrons. The highest BCUT2D eigenvalue weighted by Gasteiger charge is 2.32. The van der Waals surface area contributed by atoms with Crippen LogP contribution in [-0.2, 0) is 10.8 Å². The number of benzene rings is 3. The third kappa shape index (κ3) is 6.17. The minimum atomic E-state index is -0.0910. The number of aryl methyl sites for hydroxylation is 2. The fourth-order valence-corrected chi connectivity index (χ4v) is 5.00. The van der Waals surface area contributed by atoms with Crippen LogP contribution in [0.2, 0.25) is 0 Å². The van der Waals surface area contributed by atoms with Gasteiger partial charge >= 0.3 is 0 Å². The van der Waals surface area contributed by atoms with Crippen molar-refractivity contribution in [1.82, 2.24) is 0 Å². The van der Waals surface area contributed by atoms with E-state index in [-0.39, 0.29) is 22.3 Å². The molecule has 0 N–H and O–H groups in total. The minimum absolute atomic E-state index is 0.0910. The zero-order chi connectivity index (χ0) is 28.6. The Kier molecular flexibility index (Phi) is 8.27. The summed E-state index contributed by atoms with van der Waals surface area (Å²) in [4.78, 5) is 4.80. The maximum atomic E-state index is 4.19. The van der Waals surface area contributed by atoms with E-state index in [4.69, 9.17) is 0 Å². The average molecular weight is 511 g/mol. The zero-order valence-corrected chi connectivity index (χ0v) is 26.0. The van der Waals surface area contributed by atoms with Crippen LogP contribution < -0.4 is 9.80 Å². The van der Waals surface area contributed by atoms with E-state index in [1.807, 2.05) is 0 Å². The third-order valence-corrected chi connectivity index (χ3v) is 8.20. The van der Waals surface area contributed by atoms with Crippen molar-refractivity contribution in [3.8, 4) is 0 Å². The van der Waals surface area contributed by atoms with E-state index in [1.165, 1.54) is 45.0 Å². The van der Waals surface area contributed by atoms with Gasteiger partial charge in [-0.3, -0.25) is 0 Å². The number of rotatable bonds is 7. The van der Waals surface area contributed by atoms with Crippen LogP contribution in [0.1, 0.15) is 84.6 Å². The smallest absolute Gasteiger partial charge is 0.0473 e. The second-order valence-electron chi connectivity index (χ2n) is 13.7. The largest absolute Gasteiger partial charge is 0.345 e. The van der Waals surface area contributed by atoms with Crippen molar-refractivity contribution < 1.29 is 0 Å². The van der Waals surface area contributed by atoms with E-state index in [0.717, 1.165) is 0 Å². The Labute approximate surface area is 233 Å². The molecule has 38 heavy (non-hydrogen) atoms. The second-order valence-corrected chi connectivity index (χ2v) is 13.7. The first-order chi connectivity index (χ1) is 17.5. The van der Waals surface area contributed by atoms with Gasteiger partial charge in [0.25, 0.3) is 0 Å². The van der Waals surface area contributed by atoms with Crippen molar-refractivity contribution in [2.75, 3.05) is 16.8 Å². The van der Waals surface area contributed by atoms with Gasteiger partial charge in [-0.2, -0.15) is 0 Å². The molecule has 2 nitrogen and oxygen atoms in total. The van der Waals surface area contributed by atoms with Crippen molar-refractivity contribution >= 4 is 22.7 Å². The maximum absolute atomic E-state index is 4.19. The van der Waals surface area contributed by atoms with Gasteiger partial charge in [-0.1, -0.05) is 91.8 Å². The molecule has 3 aromatic carbocycles. The van der Waals surface area contributed by atoms with E-state index < -0.39 is 0 Å². The van der Waals surface area contributed by atoms with Gasteiger partial charge in [-0.05, 0) is 84.2 Å². The molecule has 0 aliphatic carbocycles. The summed E-state index contributed by atoms with van der Waals surface area (Å²) in [7, 11) is 2.15. The maximum Gasteiger partial charge on any atom is 0.0473 e. The summed E-state index contributed by atoms with van der Waals surface area (Å²) in [5, 5.41) is 0. The van der Waals surface area contributed by atoms with E-state index in [0.29, 0.717) is 0 Å². The fraction of sp³-hybridized carbons (Fsp3) is 0.444. The average Bonchev–Trinajstić information content (AvgIpc) is 2.84. The summed E-state index contributed by atoms with van der Waals surface area (Å²) >= 11 is 0. The van der Waals surface area contributed by atoms with E-state index in [2.05, 4.69) is 166 Å². The van der Waals surface area contributed by atoms with E-state index in [1.54, 1.807) is 0 Å². The monoisotopic (exact) mass is 510 g/mol. The molecule has 3 aromatic rings. The van der Waals surface area contributed by atoms with Crippen LogP contribution in [0.15, 0.2) is 73.3 Å². The predicted molar refractivity (Wildman–Crippen MR) is 170 cm³/mol. The lowest BCUT2D eigenvalue weighted by molar-refractivity contribution is 0.390. The summed E-state index contributed by atoms with van der Waals surface area (Å²) in [6.45, 7) is 29.2. The van der Waals surface area contributed by atoms with Gasteiger partial charge in [0.05, 0.1) is 0 Å². The molecular formula is C36H50N2. The summed E-state index contributed by atoms with van der Waals surface area (Å²) in [6, 6.07) is 22.8. The molecule has 0 aliphatic rings. The molecule has 0 bridgehead atoms. The van der Waals surface area contributed by atoms with Gasteiger partial charge < -0.3 is 9.80 Å². The number of anilines is 4. The summed E-state index contributed by atoms with van der Waals surface area (Å²) in [5.41, 5.74) is 10.3. The lowest BCUT2D eigenvalue weighted by atomic mass is 9.82. The molecule has 0 aromatic heterocycles. The van der Waals surface area contributed by atoms with Crippen LogP contribution in [0, 0.1) is 19.3 Å². The standard InChI is InChI=1S/C36H50N2/c1-14-36(11,12)27(4)38(33-25(2)22-29(23-26(33)3)35(8,9)10)32-17-15-16-31(24-32)37(13)30-20-18-28(19-21-30)34(5,6)7/h14-24,27H,1H2,2-13H3/t27-/m1/s1. The highest BCUT2D eigenvalue weighted by Crippen LogP contribution is 2.42. The lowest BCUT2D eigenvalue weighted by Gasteiger charge is -2.42. The molecule has 1 atom stereocenters. The van der Waals surface area contributed by atoms with Crippen LogP contribution in [0.25, 0.3) is 0 Å². The Balaban J connectivity index is 2.14. The highest BCUT2D eigenvalue weighted by atomic mass is 15.2. The molecule has 0 heterocycles. The van der Waals surface area contributed by atoms with Crippen molar-refractivity contribution in [2.24, 2.45) is 5.41 Å². The molecule has 3 rings (SSSR count). The van der Waals surface area contributed by atoms with Gasteiger partial charge in [0, 0.05) is 41.3 Å². The second kappa shape index (κ2) is 10.6. The number of hydrogen-bond acceptors (Lipinski definition) is 2. The van der Waals surface area contributed by atoms with Gasteiger partial charge in [-0.25, -0.2) is 0 Å². The molecule has 0 saturated heterocycles. The van der Waals surface area contributed by atoms with Crippen molar-refractivity contribution in [2.45, 2.75) is 93.0 Å². The highest BCUT2D eigenvalue weighted by molar-refractivity contribution is 5.75. The molecule has 0 saturated carbocycles. The molecule has 0 spiro atoms. The Bertz CT molecular complexity index is 1240. The Hall–Kier alpha value is -3.00. The van der Waals surface area contributed by atoms with E-state index in [9.17, 15) is 0 Å². The Morgan fingerprint density at radius 3 is 1.66 bits per heavy atom. The van der Waals surface area contributed by atoms with Crippen LogP contribution in [0.3, 0.4) is 0 Å². The van der Waals surface area contributed by atoms with Crippen LogP contribution in [0.5, 0.6) is 0 Å². The van der Waals surface area contributed by atoms with Crippen molar-refractivity contribution in [1.29, 1.82) is 0 Å². The quantitative estimate of drug-likeness (QED) is 0.292. The summed E-state index contributed by atoms with van der Waals surface area (Å²) in [6.07, 6.45) is 2.09. The molecule has 2 heteroatoms. The van der Waals surface area contributed by atoms with Crippen LogP contribution in [0.4, 0.5) is 22.7 Å². The summed E-state index contributed by atoms with van der Waals surface area (Å²) in [5.74, 6) is 0. The van der Waals surface area contributed by atoms with Gasteiger partial charge in [0.2, 0.25) is 0 Å². The Morgan fingerprint density at radius 2 is 1.18 bits per heavy atom. The number of nitrogens with zero attached hydrogens (tertiary/aromatic N) is 2. The topological polar surface area (TPSA) is 6.48 Å². The third-order valence-electron chi connectivity index (χ3n) is 8.20.